The molecule has 2 aliphatic heterocycles. The summed E-state index contributed by atoms with van der Waals surface area (Å²) in [5.41, 5.74) is 0. The second-order valence-corrected chi connectivity index (χ2v) is 8.48. The average Bonchev–Trinajstić information content (AvgIpc) is 2.81. The van der Waals surface area contributed by atoms with Crippen LogP contribution in [0.5, 0.6) is 0 Å². The van der Waals surface area contributed by atoms with Crippen LogP contribution in [0, 0.1) is 5.92 Å². The van der Waals surface area contributed by atoms with Crippen molar-refractivity contribution in [3.8, 4) is 0 Å². The van der Waals surface area contributed by atoms with Gasteiger partial charge in [-0.1, -0.05) is 13.8 Å². The minimum Gasteiger partial charge on any atom is -0.463 e. The Morgan fingerprint density at radius 1 is 0.941 bits per heavy atom. The Morgan fingerprint density at radius 2 is 1.56 bits per heavy atom. The van der Waals surface area contributed by atoms with Gasteiger partial charge in [0.25, 0.3) is 0 Å². The number of hydrogen-bond acceptors (Lipinski definition) is 14. The van der Waals surface area contributed by atoms with Gasteiger partial charge in [0.15, 0.2) is 12.4 Å². The van der Waals surface area contributed by atoms with Gasteiger partial charge in [-0.25, -0.2) is 0 Å². The topological polar surface area (TPSA) is 236 Å². The van der Waals surface area contributed by atoms with Gasteiger partial charge in [-0.3, -0.25) is 9.53 Å². The molecule has 2 aliphatic rings. The number of aliphatic hydroxyl groups is 9. The van der Waals surface area contributed by atoms with Crippen LogP contribution in [-0.4, -0.2) is 132 Å². The van der Waals surface area contributed by atoms with E-state index in [0.717, 1.165) is 0 Å². The number of rotatable bonds is 10. The molecular formula is C20H36O14. The zero-order valence-corrected chi connectivity index (χ0v) is 19.0. The number of carbonyl (C=O) groups is 1. The average molecular weight is 500 g/mol. The number of esters is 1. The quantitative estimate of drug-likeness (QED) is 0.102. The molecule has 2 heterocycles. The fourth-order valence-corrected chi connectivity index (χ4v) is 3.91. The van der Waals surface area contributed by atoms with E-state index in [4.69, 9.17) is 24.1 Å². The number of aliphatic hydroxyl groups excluding tert-OH is 8. The lowest BCUT2D eigenvalue weighted by Gasteiger charge is -2.48. The first-order chi connectivity index (χ1) is 15.9. The van der Waals surface area contributed by atoms with Crippen molar-refractivity contribution in [1.82, 2.24) is 0 Å². The van der Waals surface area contributed by atoms with Crippen molar-refractivity contribution >= 4 is 5.97 Å². The first kappa shape index (κ1) is 29.2. The summed E-state index contributed by atoms with van der Waals surface area (Å²) in [4.78, 5) is 12.3. The molecule has 2 rings (SSSR count). The summed E-state index contributed by atoms with van der Waals surface area (Å²) in [7, 11) is 0. The Kier molecular flexibility index (Phi) is 10.6. The number of ether oxygens (including phenoxy) is 4. The van der Waals surface area contributed by atoms with Gasteiger partial charge in [0.2, 0.25) is 0 Å². The van der Waals surface area contributed by atoms with Crippen LogP contribution in [0.15, 0.2) is 0 Å². The monoisotopic (exact) mass is 500 g/mol. The van der Waals surface area contributed by atoms with E-state index in [9.17, 15) is 45.6 Å². The van der Waals surface area contributed by atoms with E-state index in [2.05, 4.69) is 0 Å². The van der Waals surface area contributed by atoms with Gasteiger partial charge in [-0.15, -0.1) is 0 Å². The zero-order chi connectivity index (χ0) is 25.8. The van der Waals surface area contributed by atoms with Crippen LogP contribution in [0.2, 0.25) is 0 Å². The molecule has 34 heavy (non-hydrogen) atoms. The summed E-state index contributed by atoms with van der Waals surface area (Å²) in [5.74, 6) is -4.79. The van der Waals surface area contributed by atoms with E-state index >= 15 is 0 Å². The summed E-state index contributed by atoms with van der Waals surface area (Å²) >= 11 is 0. The smallest absolute Gasteiger partial charge is 0.313 e. The molecule has 9 N–H and O–H groups in total. The van der Waals surface area contributed by atoms with Gasteiger partial charge in [0, 0.05) is 6.61 Å². The predicted octanol–water partition coefficient (Wildman–Crippen LogP) is -4.34. The fourth-order valence-electron chi connectivity index (χ4n) is 3.91. The zero-order valence-electron chi connectivity index (χ0n) is 19.0. The van der Waals surface area contributed by atoms with Crippen molar-refractivity contribution in [2.45, 2.75) is 100 Å². The molecule has 0 bridgehead atoms. The van der Waals surface area contributed by atoms with Gasteiger partial charge < -0.3 is 60.2 Å². The molecule has 14 heteroatoms. The number of carbonyl (C=O) groups excluding carboxylic acids is 1. The van der Waals surface area contributed by atoms with Gasteiger partial charge in [0.05, 0.1) is 18.1 Å². The largest absolute Gasteiger partial charge is 0.463 e. The van der Waals surface area contributed by atoms with Gasteiger partial charge in [-0.05, 0) is 19.3 Å². The van der Waals surface area contributed by atoms with Crippen molar-refractivity contribution in [2.75, 3.05) is 13.2 Å². The highest BCUT2D eigenvalue weighted by atomic mass is 16.9. The van der Waals surface area contributed by atoms with Crippen molar-refractivity contribution in [3.05, 3.63) is 0 Å². The van der Waals surface area contributed by atoms with E-state index in [1.807, 2.05) is 0 Å². The lowest BCUT2D eigenvalue weighted by Crippen LogP contribution is -2.69. The maximum Gasteiger partial charge on any atom is 0.313 e. The van der Waals surface area contributed by atoms with Crippen LogP contribution >= 0.6 is 0 Å². The second-order valence-electron chi connectivity index (χ2n) is 8.48. The Labute approximate surface area is 195 Å². The van der Waals surface area contributed by atoms with Crippen molar-refractivity contribution in [3.63, 3.8) is 0 Å². The summed E-state index contributed by atoms with van der Waals surface area (Å²) in [5, 5.41) is 90.6. The fraction of sp³-hybridized carbons (Fsp3) is 0.950. The molecule has 0 aromatic carbocycles. The maximum atomic E-state index is 12.3. The normalized spacial score (nSPS) is 42.7. The maximum absolute atomic E-state index is 12.3. The summed E-state index contributed by atoms with van der Waals surface area (Å²) in [6.07, 6.45) is -16.9. The first-order valence-electron chi connectivity index (χ1n) is 11.2. The van der Waals surface area contributed by atoms with E-state index in [1.54, 1.807) is 13.8 Å². The Morgan fingerprint density at radius 3 is 2.12 bits per heavy atom. The molecule has 0 aromatic rings. The van der Waals surface area contributed by atoms with E-state index in [1.165, 1.54) is 0 Å². The molecule has 2 fully saturated rings. The van der Waals surface area contributed by atoms with Crippen LogP contribution in [0.3, 0.4) is 0 Å². The summed E-state index contributed by atoms with van der Waals surface area (Å²) in [6, 6.07) is 0. The molecule has 2 saturated heterocycles. The molecule has 0 spiro atoms. The molecule has 0 aromatic heterocycles. The van der Waals surface area contributed by atoms with Gasteiger partial charge in [-0.2, -0.15) is 0 Å². The molecule has 0 radical (unpaired) electrons. The van der Waals surface area contributed by atoms with Crippen LogP contribution in [0.1, 0.15) is 33.1 Å². The van der Waals surface area contributed by atoms with Gasteiger partial charge in [0.1, 0.15) is 43.2 Å². The second kappa shape index (κ2) is 12.3. The van der Waals surface area contributed by atoms with Crippen LogP contribution in [0.4, 0.5) is 0 Å². The predicted molar refractivity (Wildman–Crippen MR) is 108 cm³/mol. The van der Waals surface area contributed by atoms with E-state index < -0.39 is 92.3 Å². The van der Waals surface area contributed by atoms with Crippen molar-refractivity contribution in [1.29, 1.82) is 0 Å². The van der Waals surface area contributed by atoms with Gasteiger partial charge >= 0.3 is 11.9 Å². The standard InChI is InChI=1S/C20H36O14/c1-3-8(9(22)4-2)18(29)31-7-11-13(24)15(26)17(28)20(30,33-11)34-19-16(27)14(25)12(23)10(32-19)5-6-21/h8-17,19,21-28,30H,3-7H2,1-2H3/t8?,9?,10?,11?,12-,13-,14?,15-,16?,17?,19+,20+/m1/s1. The SMILES string of the molecule is CCC(O)C(CC)C(=O)OCC1O[C@](O)(O[C@@H]2OC(CCO)[C@@H](O)C(O)C2O)C(O)[C@H](O)[C@@H]1O. The van der Waals surface area contributed by atoms with E-state index in [0.29, 0.717) is 0 Å². The molecule has 7 unspecified atom stereocenters. The first-order valence-corrected chi connectivity index (χ1v) is 11.2. The minimum atomic E-state index is -3.11. The molecular weight excluding hydrogens is 464 g/mol. The third kappa shape index (κ3) is 6.21. The third-order valence-corrected chi connectivity index (χ3v) is 6.13. The Bertz CT molecular complexity index is 651. The lowest BCUT2D eigenvalue weighted by atomic mass is 9.96. The number of hydrogen-bond donors (Lipinski definition) is 9. The third-order valence-electron chi connectivity index (χ3n) is 6.13. The highest BCUT2D eigenvalue weighted by Gasteiger charge is 2.57. The minimum absolute atomic E-state index is 0.172. The summed E-state index contributed by atoms with van der Waals surface area (Å²) in [6.45, 7) is 2.18. The molecule has 0 amide bonds. The highest BCUT2D eigenvalue weighted by molar-refractivity contribution is 5.73. The molecule has 0 aliphatic carbocycles. The van der Waals surface area contributed by atoms with Crippen LogP contribution in [-0.2, 0) is 23.7 Å². The summed E-state index contributed by atoms with van der Waals surface area (Å²) < 4.78 is 20.6. The van der Waals surface area contributed by atoms with Crippen LogP contribution < -0.4 is 0 Å². The molecule has 0 saturated carbocycles. The Balaban J connectivity index is 2.14. The lowest BCUT2D eigenvalue weighted by molar-refractivity contribution is -0.488. The molecule has 14 nitrogen and oxygen atoms in total. The van der Waals surface area contributed by atoms with E-state index in [-0.39, 0.29) is 19.3 Å². The molecule has 12 atom stereocenters. The van der Waals surface area contributed by atoms with Crippen molar-refractivity contribution < 1.29 is 69.7 Å². The van der Waals surface area contributed by atoms with Crippen molar-refractivity contribution in [2.24, 2.45) is 5.92 Å². The molecule has 200 valence electrons. The Hall–Kier alpha value is -1.01. The van der Waals surface area contributed by atoms with Crippen LogP contribution in [0.25, 0.3) is 0 Å². The highest BCUT2D eigenvalue weighted by Crippen LogP contribution is 2.34.